The van der Waals surface area contributed by atoms with Crippen LogP contribution in [0.5, 0.6) is 11.5 Å². The van der Waals surface area contributed by atoms with Gasteiger partial charge in [-0.15, -0.1) is 0 Å². The summed E-state index contributed by atoms with van der Waals surface area (Å²) in [5, 5.41) is 8.47. The maximum Gasteiger partial charge on any atom is 0.328 e. The normalized spacial score (nSPS) is 10.4. The first-order chi connectivity index (χ1) is 9.08. The van der Waals surface area contributed by atoms with Gasteiger partial charge in [-0.2, -0.15) is 0 Å². The topological polar surface area (TPSA) is 72.8 Å². The minimum absolute atomic E-state index is 0.346. The predicted octanol–water partition coefficient (Wildman–Crippen LogP) is 2.31. The number of aliphatic carboxylic acids is 1. The first-order valence-corrected chi connectivity index (χ1v) is 5.84. The molecule has 0 bridgehead atoms. The van der Waals surface area contributed by atoms with Gasteiger partial charge in [0, 0.05) is 11.6 Å². The lowest BCUT2D eigenvalue weighted by molar-refractivity contribution is -0.131. The average Bonchev–Trinajstić information content (AvgIpc) is 2.42. The summed E-state index contributed by atoms with van der Waals surface area (Å²) in [6, 6.07) is 4.73. The van der Waals surface area contributed by atoms with Gasteiger partial charge in [0.25, 0.3) is 0 Å². The summed E-state index contributed by atoms with van der Waals surface area (Å²) in [6.07, 6.45) is 2.67. The fourth-order valence-corrected chi connectivity index (χ4v) is 1.40. The molecule has 1 N–H and O–H groups in total. The molecule has 1 aromatic carbocycles. The molecule has 0 amide bonds. The summed E-state index contributed by atoms with van der Waals surface area (Å²) in [4.78, 5) is 22.0. The highest BCUT2D eigenvalue weighted by atomic mass is 16.5. The molecular formula is C14H16O5. The lowest BCUT2D eigenvalue weighted by Crippen LogP contribution is -2.01. The molecule has 0 saturated heterocycles. The fraction of sp³-hybridized carbons (Fsp3) is 0.286. The third kappa shape index (κ3) is 4.46. The van der Waals surface area contributed by atoms with Crippen molar-refractivity contribution < 1.29 is 24.2 Å². The van der Waals surface area contributed by atoms with Crippen molar-refractivity contribution in [2.45, 2.75) is 13.3 Å². The van der Waals surface area contributed by atoms with E-state index in [1.807, 2.05) is 6.92 Å². The fourth-order valence-electron chi connectivity index (χ4n) is 1.40. The molecule has 0 aliphatic rings. The zero-order valence-electron chi connectivity index (χ0n) is 10.9. The standard InChI is InChI=1S/C14H16O5/c1-3-8-19-12-6-4-10(9-13(12)18-2)11(15)5-7-14(16)17/h4-7,9H,3,8H2,1-2H3,(H,16,17). The molecule has 102 valence electrons. The van der Waals surface area contributed by atoms with E-state index in [4.69, 9.17) is 14.6 Å². The average molecular weight is 264 g/mol. The number of carbonyl (C=O) groups excluding carboxylic acids is 1. The molecule has 1 aromatic rings. The van der Waals surface area contributed by atoms with Gasteiger partial charge >= 0.3 is 5.97 Å². The van der Waals surface area contributed by atoms with Crippen LogP contribution < -0.4 is 9.47 Å². The maximum absolute atomic E-state index is 11.7. The Morgan fingerprint density at radius 1 is 1.26 bits per heavy atom. The molecule has 19 heavy (non-hydrogen) atoms. The molecule has 0 spiro atoms. The first kappa shape index (κ1) is 14.8. The Balaban J connectivity index is 2.92. The second kappa shape index (κ2) is 7.20. The SMILES string of the molecule is CCCOc1ccc(C(=O)C=CC(=O)O)cc1OC. The van der Waals surface area contributed by atoms with E-state index in [1.165, 1.54) is 13.2 Å². The molecule has 0 radical (unpaired) electrons. The number of carboxylic acid groups (broad SMARTS) is 1. The summed E-state index contributed by atoms with van der Waals surface area (Å²) >= 11 is 0. The van der Waals surface area contributed by atoms with Crippen LogP contribution in [0.25, 0.3) is 0 Å². The van der Waals surface area contributed by atoms with Crippen molar-refractivity contribution in [1.82, 2.24) is 0 Å². The molecule has 0 heterocycles. The maximum atomic E-state index is 11.7. The highest BCUT2D eigenvalue weighted by Crippen LogP contribution is 2.28. The van der Waals surface area contributed by atoms with Crippen LogP contribution in [-0.4, -0.2) is 30.6 Å². The molecule has 0 unspecified atom stereocenters. The quantitative estimate of drug-likeness (QED) is 0.604. The van der Waals surface area contributed by atoms with Crippen molar-refractivity contribution in [2.24, 2.45) is 0 Å². The number of rotatable bonds is 7. The van der Waals surface area contributed by atoms with Crippen LogP contribution in [0.2, 0.25) is 0 Å². The second-order valence-corrected chi connectivity index (χ2v) is 3.75. The van der Waals surface area contributed by atoms with Crippen LogP contribution in [0.3, 0.4) is 0 Å². The number of benzene rings is 1. The van der Waals surface area contributed by atoms with Crippen molar-refractivity contribution in [3.05, 3.63) is 35.9 Å². The monoisotopic (exact) mass is 264 g/mol. The number of ether oxygens (including phenoxy) is 2. The number of carboxylic acids is 1. The van der Waals surface area contributed by atoms with Gasteiger partial charge in [-0.25, -0.2) is 4.79 Å². The molecule has 0 atom stereocenters. The summed E-state index contributed by atoms with van der Waals surface area (Å²) in [5.74, 6) is -0.558. The minimum atomic E-state index is -1.16. The molecule has 0 aliphatic carbocycles. The zero-order valence-corrected chi connectivity index (χ0v) is 10.9. The number of ketones is 1. The van der Waals surface area contributed by atoms with Gasteiger partial charge in [0.15, 0.2) is 17.3 Å². The van der Waals surface area contributed by atoms with Crippen molar-refractivity contribution in [3.63, 3.8) is 0 Å². The lowest BCUT2D eigenvalue weighted by Gasteiger charge is -2.10. The van der Waals surface area contributed by atoms with Crippen molar-refractivity contribution in [3.8, 4) is 11.5 Å². The van der Waals surface area contributed by atoms with Crippen LogP contribution in [0.4, 0.5) is 0 Å². The predicted molar refractivity (Wildman–Crippen MR) is 69.9 cm³/mol. The van der Waals surface area contributed by atoms with Crippen molar-refractivity contribution >= 4 is 11.8 Å². The second-order valence-electron chi connectivity index (χ2n) is 3.75. The van der Waals surface area contributed by atoms with Gasteiger partial charge in [-0.3, -0.25) is 4.79 Å². The minimum Gasteiger partial charge on any atom is -0.493 e. The Labute approximate surface area is 111 Å². The van der Waals surface area contributed by atoms with Gasteiger partial charge in [-0.05, 0) is 30.7 Å². The van der Waals surface area contributed by atoms with E-state index in [0.717, 1.165) is 18.6 Å². The summed E-state index contributed by atoms with van der Waals surface area (Å²) < 4.78 is 10.6. The van der Waals surface area contributed by atoms with E-state index in [1.54, 1.807) is 12.1 Å². The third-order valence-corrected chi connectivity index (χ3v) is 2.29. The molecule has 0 aromatic heterocycles. The number of methoxy groups -OCH3 is 1. The Morgan fingerprint density at radius 3 is 2.58 bits per heavy atom. The Morgan fingerprint density at radius 2 is 2.00 bits per heavy atom. The highest BCUT2D eigenvalue weighted by molar-refractivity contribution is 6.07. The number of hydrogen-bond acceptors (Lipinski definition) is 4. The summed E-state index contributed by atoms with van der Waals surface area (Å²) in [7, 11) is 1.48. The highest BCUT2D eigenvalue weighted by Gasteiger charge is 2.09. The molecule has 5 heteroatoms. The van der Waals surface area contributed by atoms with Gasteiger partial charge in [0.2, 0.25) is 0 Å². The van der Waals surface area contributed by atoms with E-state index < -0.39 is 11.8 Å². The summed E-state index contributed by atoms with van der Waals surface area (Å²) in [5.41, 5.74) is 0.346. The van der Waals surface area contributed by atoms with Crippen LogP contribution >= 0.6 is 0 Å². The number of carbonyl (C=O) groups is 2. The van der Waals surface area contributed by atoms with Crippen LogP contribution in [0.1, 0.15) is 23.7 Å². The zero-order chi connectivity index (χ0) is 14.3. The van der Waals surface area contributed by atoms with Crippen LogP contribution in [-0.2, 0) is 4.79 Å². The largest absolute Gasteiger partial charge is 0.493 e. The lowest BCUT2D eigenvalue weighted by atomic mass is 10.1. The van der Waals surface area contributed by atoms with Gasteiger partial charge < -0.3 is 14.6 Å². The molecular weight excluding hydrogens is 248 g/mol. The van der Waals surface area contributed by atoms with E-state index in [9.17, 15) is 9.59 Å². The Bertz CT molecular complexity index is 491. The van der Waals surface area contributed by atoms with Crippen LogP contribution in [0.15, 0.2) is 30.4 Å². The van der Waals surface area contributed by atoms with Crippen molar-refractivity contribution in [2.75, 3.05) is 13.7 Å². The number of allylic oxidation sites excluding steroid dienone is 1. The van der Waals surface area contributed by atoms with Gasteiger partial charge in [0.1, 0.15) is 0 Å². The van der Waals surface area contributed by atoms with E-state index in [0.29, 0.717) is 23.7 Å². The van der Waals surface area contributed by atoms with Gasteiger partial charge in [-0.1, -0.05) is 6.92 Å². The number of hydrogen-bond donors (Lipinski definition) is 1. The van der Waals surface area contributed by atoms with Crippen LogP contribution in [0, 0.1) is 0 Å². The smallest absolute Gasteiger partial charge is 0.328 e. The Kier molecular flexibility index (Phi) is 5.60. The van der Waals surface area contributed by atoms with E-state index in [-0.39, 0.29) is 0 Å². The third-order valence-electron chi connectivity index (χ3n) is 2.29. The molecule has 0 fully saturated rings. The molecule has 0 aliphatic heterocycles. The van der Waals surface area contributed by atoms with Gasteiger partial charge in [0.05, 0.1) is 13.7 Å². The van der Waals surface area contributed by atoms with E-state index >= 15 is 0 Å². The molecule has 0 saturated carbocycles. The molecule has 1 rings (SSSR count). The summed E-state index contributed by atoms with van der Waals surface area (Å²) in [6.45, 7) is 2.55. The van der Waals surface area contributed by atoms with Crippen molar-refractivity contribution in [1.29, 1.82) is 0 Å². The Hall–Kier alpha value is -2.30. The first-order valence-electron chi connectivity index (χ1n) is 5.84. The van der Waals surface area contributed by atoms with E-state index in [2.05, 4.69) is 0 Å². The molecule has 5 nitrogen and oxygen atoms in total.